The van der Waals surface area contributed by atoms with Crippen LogP contribution < -0.4 is 5.06 Å². The van der Waals surface area contributed by atoms with E-state index in [2.05, 4.69) is 6.92 Å². The lowest BCUT2D eigenvalue weighted by Crippen LogP contribution is -3.20. The van der Waals surface area contributed by atoms with Crippen LogP contribution >= 0.6 is 0 Å². The van der Waals surface area contributed by atoms with Crippen LogP contribution in [0.3, 0.4) is 0 Å². The van der Waals surface area contributed by atoms with Crippen LogP contribution in [0.25, 0.3) is 0 Å². The van der Waals surface area contributed by atoms with Crippen molar-refractivity contribution >= 4 is 5.97 Å². The fourth-order valence-electron chi connectivity index (χ4n) is 4.15. The van der Waals surface area contributed by atoms with Crippen molar-refractivity contribution in [3.05, 3.63) is 5.21 Å². The highest BCUT2D eigenvalue weighted by molar-refractivity contribution is 5.66. The third-order valence-electron chi connectivity index (χ3n) is 5.89. The molecular weight excluding hydrogens is 342 g/mol. The van der Waals surface area contributed by atoms with Gasteiger partial charge < -0.3 is 20.1 Å². The minimum atomic E-state index is -0.742. The maximum absolute atomic E-state index is 13.0. The van der Waals surface area contributed by atoms with Gasteiger partial charge in [0.2, 0.25) is 5.72 Å². The molecule has 5 heteroatoms. The Kier molecular flexibility index (Phi) is 11.5. The molecule has 0 amide bonds. The van der Waals surface area contributed by atoms with Gasteiger partial charge in [-0.1, -0.05) is 64.7 Å². The summed E-state index contributed by atoms with van der Waals surface area (Å²) in [5, 5.41) is 22.0. The number of carboxylic acids is 1. The third-order valence-corrected chi connectivity index (χ3v) is 5.89. The molecule has 0 bridgehead atoms. The van der Waals surface area contributed by atoms with E-state index < -0.39 is 11.7 Å². The van der Waals surface area contributed by atoms with Crippen molar-refractivity contribution in [1.82, 2.24) is 0 Å². The lowest BCUT2D eigenvalue weighted by atomic mass is 9.95. The van der Waals surface area contributed by atoms with E-state index in [4.69, 9.17) is 9.84 Å². The lowest BCUT2D eigenvalue weighted by molar-refractivity contribution is -0.950. The monoisotopic (exact) mass is 385 g/mol. The molecule has 0 radical (unpaired) electrons. The number of unbranched alkanes of at least 4 members (excludes halogenated alkanes) is 10. The summed E-state index contributed by atoms with van der Waals surface area (Å²) >= 11 is 0. The average molecular weight is 386 g/mol. The first-order valence-corrected chi connectivity index (χ1v) is 11.2. The van der Waals surface area contributed by atoms with Gasteiger partial charge in [-0.05, 0) is 33.1 Å². The number of hydrogen-bond donors (Lipinski definition) is 2. The average Bonchev–Trinajstić information content (AvgIpc) is 2.84. The zero-order chi connectivity index (χ0) is 20.2. The van der Waals surface area contributed by atoms with Gasteiger partial charge in [0.15, 0.2) is 0 Å². The van der Waals surface area contributed by atoms with Crippen LogP contribution in [0.5, 0.6) is 0 Å². The quantitative estimate of drug-likeness (QED) is 0.295. The number of hydroxylamine groups is 2. The van der Waals surface area contributed by atoms with Crippen LogP contribution in [-0.2, 0) is 9.53 Å². The second-order valence-corrected chi connectivity index (χ2v) is 9.03. The summed E-state index contributed by atoms with van der Waals surface area (Å²) in [5.41, 5.74) is -1.01. The Balaban J connectivity index is 2.32. The smallest absolute Gasteiger partial charge is 0.303 e. The molecule has 0 aromatic heterocycles. The van der Waals surface area contributed by atoms with Gasteiger partial charge in [0.1, 0.15) is 12.1 Å². The number of hydrogen-bond acceptors (Lipinski definition) is 3. The molecule has 1 saturated heterocycles. The lowest BCUT2D eigenvalue weighted by Gasteiger charge is -2.42. The molecule has 2 atom stereocenters. The van der Waals surface area contributed by atoms with Gasteiger partial charge in [-0.3, -0.25) is 4.79 Å². The van der Waals surface area contributed by atoms with Crippen molar-refractivity contribution in [1.29, 1.82) is 0 Å². The number of quaternary nitrogens is 1. The summed E-state index contributed by atoms with van der Waals surface area (Å²) in [7, 11) is 0. The molecule has 1 aliphatic rings. The van der Waals surface area contributed by atoms with Crippen LogP contribution in [0.1, 0.15) is 117 Å². The first-order valence-electron chi connectivity index (χ1n) is 11.2. The summed E-state index contributed by atoms with van der Waals surface area (Å²) in [5.74, 6) is -0.742. The molecule has 1 heterocycles. The highest BCUT2D eigenvalue weighted by Crippen LogP contribution is 2.28. The van der Waals surface area contributed by atoms with Gasteiger partial charge in [0, 0.05) is 19.3 Å². The summed E-state index contributed by atoms with van der Waals surface area (Å²) in [6, 6.07) is 0. The van der Waals surface area contributed by atoms with Crippen LogP contribution in [0.4, 0.5) is 0 Å². The number of nitrogens with one attached hydrogen (secondary N) is 1. The fourth-order valence-corrected chi connectivity index (χ4v) is 4.15. The SMILES string of the molecule is CCCCCCCCCCCC1(CCCCCC(=O)O)OCC(C)(C)[NH+]1[O-]. The van der Waals surface area contributed by atoms with Crippen molar-refractivity contribution in [2.45, 2.75) is 128 Å². The summed E-state index contributed by atoms with van der Waals surface area (Å²) in [4.78, 5) is 10.6. The molecule has 1 aliphatic heterocycles. The molecule has 0 aromatic carbocycles. The summed E-state index contributed by atoms with van der Waals surface area (Å²) in [6.07, 6.45) is 15.6. The van der Waals surface area contributed by atoms with E-state index in [-0.39, 0.29) is 17.0 Å². The zero-order valence-electron chi connectivity index (χ0n) is 18.0. The second kappa shape index (κ2) is 12.7. The molecule has 160 valence electrons. The fraction of sp³-hybridized carbons (Fsp3) is 0.955. The minimum absolute atomic E-state index is 0.214. The summed E-state index contributed by atoms with van der Waals surface area (Å²) in [6.45, 7) is 6.73. The standard InChI is InChI=1S/C22H43NO4/c1-4-5-6-7-8-9-10-11-14-17-22(18-15-12-13-16-20(24)25)23(26)21(2,3)19-27-22/h23H,4-19H2,1-3H3,(H,24,25). The highest BCUT2D eigenvalue weighted by atomic mass is 16.6. The molecule has 2 unspecified atom stereocenters. The first-order chi connectivity index (χ1) is 12.8. The molecule has 0 saturated carbocycles. The molecule has 5 nitrogen and oxygen atoms in total. The minimum Gasteiger partial charge on any atom is -0.632 e. The molecule has 0 aliphatic carbocycles. The van der Waals surface area contributed by atoms with Crippen LogP contribution in [0.2, 0.25) is 0 Å². The Morgan fingerprint density at radius 2 is 1.41 bits per heavy atom. The Morgan fingerprint density at radius 1 is 0.926 bits per heavy atom. The molecule has 0 spiro atoms. The van der Waals surface area contributed by atoms with Crippen LogP contribution in [0.15, 0.2) is 0 Å². The predicted molar refractivity (Wildman–Crippen MR) is 110 cm³/mol. The number of carboxylic acid groups (broad SMARTS) is 1. The van der Waals surface area contributed by atoms with E-state index in [0.29, 0.717) is 13.0 Å². The van der Waals surface area contributed by atoms with Crippen molar-refractivity contribution in [3.8, 4) is 0 Å². The van der Waals surface area contributed by atoms with Crippen molar-refractivity contribution in [3.63, 3.8) is 0 Å². The van der Waals surface area contributed by atoms with E-state index in [1.54, 1.807) is 0 Å². The topological polar surface area (TPSA) is 74.0 Å². The van der Waals surface area contributed by atoms with E-state index in [9.17, 15) is 10.0 Å². The predicted octanol–water partition coefficient (Wildman–Crippen LogP) is 4.83. The second-order valence-electron chi connectivity index (χ2n) is 9.03. The van der Waals surface area contributed by atoms with E-state index in [0.717, 1.165) is 32.1 Å². The molecular formula is C22H43NO4. The molecule has 1 rings (SSSR count). The van der Waals surface area contributed by atoms with Gasteiger partial charge in [-0.2, -0.15) is 0 Å². The Hall–Kier alpha value is -0.650. The Bertz CT molecular complexity index is 413. The number of ether oxygens (including phenoxy) is 1. The molecule has 0 aromatic rings. The molecule has 27 heavy (non-hydrogen) atoms. The first kappa shape index (κ1) is 24.4. The largest absolute Gasteiger partial charge is 0.632 e. The molecule has 2 N–H and O–H groups in total. The Morgan fingerprint density at radius 3 is 1.85 bits per heavy atom. The Labute approximate surface area is 166 Å². The highest BCUT2D eigenvalue weighted by Gasteiger charge is 2.51. The van der Waals surface area contributed by atoms with Crippen LogP contribution in [0, 0.1) is 5.21 Å². The van der Waals surface area contributed by atoms with Crippen LogP contribution in [-0.4, -0.2) is 28.9 Å². The maximum atomic E-state index is 13.0. The van der Waals surface area contributed by atoms with E-state index in [1.807, 2.05) is 13.8 Å². The van der Waals surface area contributed by atoms with Crippen molar-refractivity contribution < 1.29 is 19.7 Å². The van der Waals surface area contributed by atoms with E-state index in [1.165, 1.54) is 51.4 Å². The van der Waals surface area contributed by atoms with Crippen molar-refractivity contribution in [2.75, 3.05) is 6.61 Å². The maximum Gasteiger partial charge on any atom is 0.303 e. The number of rotatable bonds is 16. The van der Waals surface area contributed by atoms with Gasteiger partial charge in [-0.15, -0.1) is 0 Å². The normalized spacial score (nSPS) is 24.4. The van der Waals surface area contributed by atoms with Gasteiger partial charge in [-0.25, -0.2) is 0 Å². The number of aliphatic carboxylic acids is 1. The zero-order valence-corrected chi connectivity index (χ0v) is 18.0. The molecule has 1 fully saturated rings. The van der Waals surface area contributed by atoms with E-state index >= 15 is 0 Å². The number of carbonyl (C=O) groups is 1. The van der Waals surface area contributed by atoms with Gasteiger partial charge in [0.05, 0.1) is 0 Å². The summed E-state index contributed by atoms with van der Waals surface area (Å²) < 4.78 is 6.10. The third kappa shape index (κ3) is 8.93. The van der Waals surface area contributed by atoms with Crippen molar-refractivity contribution in [2.24, 2.45) is 0 Å². The van der Waals surface area contributed by atoms with Gasteiger partial charge >= 0.3 is 5.97 Å². The van der Waals surface area contributed by atoms with Gasteiger partial charge in [0.25, 0.3) is 0 Å².